The number of hydrogen-bond acceptors (Lipinski definition) is 2. The second kappa shape index (κ2) is 7.62. The van der Waals surface area contributed by atoms with Crippen LogP contribution < -0.4 is 5.32 Å². The number of amides is 2. The number of carbonyl (C=O) groups is 1. The van der Waals surface area contributed by atoms with Crippen molar-refractivity contribution >= 4 is 27.6 Å². The number of hydrogen-bond donors (Lipinski definition) is 1. The zero-order valence-electron chi connectivity index (χ0n) is 12.2. The standard InChI is InChI=1S/C17H16BrN3O/c1-21(10-9-13-5-7-15(18)8-6-13)17(22)20-16-4-2-3-14(11-16)12-19/h2-8,11H,9-10H2,1H3,(H,20,22). The minimum atomic E-state index is -0.188. The average molecular weight is 358 g/mol. The van der Waals surface area contributed by atoms with Crippen LogP contribution in [0.4, 0.5) is 10.5 Å². The third-order valence-electron chi connectivity index (χ3n) is 3.24. The van der Waals surface area contributed by atoms with Crippen molar-refractivity contribution in [1.29, 1.82) is 5.26 Å². The van der Waals surface area contributed by atoms with Gasteiger partial charge in [-0.2, -0.15) is 5.26 Å². The first-order valence-electron chi connectivity index (χ1n) is 6.85. The smallest absolute Gasteiger partial charge is 0.321 e. The van der Waals surface area contributed by atoms with Gasteiger partial charge in [0.1, 0.15) is 0 Å². The molecule has 0 unspecified atom stereocenters. The van der Waals surface area contributed by atoms with Crippen LogP contribution in [0.3, 0.4) is 0 Å². The molecule has 2 aromatic carbocycles. The molecule has 0 aromatic heterocycles. The maximum atomic E-state index is 12.1. The Morgan fingerprint density at radius 3 is 2.68 bits per heavy atom. The highest BCUT2D eigenvalue weighted by Gasteiger charge is 2.09. The first kappa shape index (κ1) is 16.1. The van der Waals surface area contributed by atoms with Crippen molar-refractivity contribution in [2.75, 3.05) is 18.9 Å². The lowest BCUT2D eigenvalue weighted by Gasteiger charge is -2.18. The van der Waals surface area contributed by atoms with Gasteiger partial charge in [0.05, 0.1) is 11.6 Å². The van der Waals surface area contributed by atoms with Gasteiger partial charge in [0.2, 0.25) is 0 Å². The zero-order chi connectivity index (χ0) is 15.9. The number of rotatable bonds is 4. The summed E-state index contributed by atoms with van der Waals surface area (Å²) in [5, 5.41) is 11.6. The molecule has 4 nitrogen and oxygen atoms in total. The lowest BCUT2D eigenvalue weighted by atomic mass is 10.1. The molecule has 0 aliphatic carbocycles. The molecule has 0 saturated heterocycles. The van der Waals surface area contributed by atoms with Crippen molar-refractivity contribution < 1.29 is 4.79 Å². The Kier molecular flexibility index (Phi) is 5.56. The van der Waals surface area contributed by atoms with Crippen LogP contribution in [0.1, 0.15) is 11.1 Å². The van der Waals surface area contributed by atoms with Gasteiger partial charge in [-0.1, -0.05) is 34.1 Å². The molecule has 0 heterocycles. The van der Waals surface area contributed by atoms with Gasteiger partial charge in [-0.05, 0) is 42.3 Å². The van der Waals surface area contributed by atoms with Gasteiger partial charge in [0.15, 0.2) is 0 Å². The van der Waals surface area contributed by atoms with Gasteiger partial charge in [-0.25, -0.2) is 4.79 Å². The Morgan fingerprint density at radius 1 is 1.27 bits per heavy atom. The molecular weight excluding hydrogens is 342 g/mol. The quantitative estimate of drug-likeness (QED) is 0.897. The van der Waals surface area contributed by atoms with E-state index in [1.54, 1.807) is 36.2 Å². The van der Waals surface area contributed by atoms with Gasteiger partial charge in [0.25, 0.3) is 0 Å². The molecule has 0 fully saturated rings. The summed E-state index contributed by atoms with van der Waals surface area (Å²) in [7, 11) is 1.75. The normalized spacial score (nSPS) is 9.86. The SMILES string of the molecule is CN(CCc1ccc(Br)cc1)C(=O)Nc1cccc(C#N)c1. The number of nitriles is 1. The summed E-state index contributed by atoms with van der Waals surface area (Å²) in [5.41, 5.74) is 2.32. The second-order valence-electron chi connectivity index (χ2n) is 4.92. The van der Waals surface area contributed by atoms with Gasteiger partial charge in [-0.3, -0.25) is 0 Å². The van der Waals surface area contributed by atoms with E-state index >= 15 is 0 Å². The number of carbonyl (C=O) groups excluding carboxylic acids is 1. The van der Waals surface area contributed by atoms with E-state index in [4.69, 9.17) is 5.26 Å². The van der Waals surface area contributed by atoms with Gasteiger partial charge < -0.3 is 10.2 Å². The van der Waals surface area contributed by atoms with Crippen molar-refractivity contribution in [2.45, 2.75) is 6.42 Å². The summed E-state index contributed by atoms with van der Waals surface area (Å²) in [6.07, 6.45) is 0.787. The van der Waals surface area contributed by atoms with Gasteiger partial charge >= 0.3 is 6.03 Å². The highest BCUT2D eigenvalue weighted by Crippen LogP contribution is 2.12. The van der Waals surface area contributed by atoms with Crippen molar-refractivity contribution in [2.24, 2.45) is 0 Å². The number of halogens is 1. The Bertz CT molecular complexity index is 692. The van der Waals surface area contributed by atoms with Crippen LogP contribution in [0.25, 0.3) is 0 Å². The van der Waals surface area contributed by atoms with E-state index in [0.29, 0.717) is 17.8 Å². The lowest BCUT2D eigenvalue weighted by Crippen LogP contribution is -2.33. The molecule has 5 heteroatoms. The van der Waals surface area contributed by atoms with E-state index in [1.807, 2.05) is 24.3 Å². The van der Waals surface area contributed by atoms with Crippen LogP contribution in [0, 0.1) is 11.3 Å². The minimum absolute atomic E-state index is 0.188. The summed E-state index contributed by atoms with van der Waals surface area (Å²) < 4.78 is 1.04. The minimum Gasteiger partial charge on any atom is -0.327 e. The van der Waals surface area contributed by atoms with E-state index in [0.717, 1.165) is 10.9 Å². The molecule has 0 atom stereocenters. The third-order valence-corrected chi connectivity index (χ3v) is 3.77. The first-order valence-corrected chi connectivity index (χ1v) is 7.64. The molecule has 0 saturated carbocycles. The number of nitrogens with one attached hydrogen (secondary N) is 1. The number of likely N-dealkylation sites (N-methyl/N-ethyl adjacent to an activating group) is 1. The maximum absolute atomic E-state index is 12.1. The molecule has 1 N–H and O–H groups in total. The monoisotopic (exact) mass is 357 g/mol. The molecule has 112 valence electrons. The van der Waals surface area contributed by atoms with Crippen LogP contribution in [0.2, 0.25) is 0 Å². The number of urea groups is 1. The average Bonchev–Trinajstić information content (AvgIpc) is 2.54. The van der Waals surface area contributed by atoms with E-state index < -0.39 is 0 Å². The number of nitrogens with zero attached hydrogens (tertiary/aromatic N) is 2. The van der Waals surface area contributed by atoms with Crippen molar-refractivity contribution in [1.82, 2.24) is 4.90 Å². The second-order valence-corrected chi connectivity index (χ2v) is 5.84. The summed E-state index contributed by atoms with van der Waals surface area (Å²) >= 11 is 3.40. The lowest BCUT2D eigenvalue weighted by molar-refractivity contribution is 0.223. The molecule has 0 radical (unpaired) electrons. The summed E-state index contributed by atoms with van der Waals surface area (Å²) in [6, 6.07) is 16.8. The number of anilines is 1. The topological polar surface area (TPSA) is 56.1 Å². The summed E-state index contributed by atoms with van der Waals surface area (Å²) in [4.78, 5) is 13.7. The fourth-order valence-electron chi connectivity index (χ4n) is 1.93. The van der Waals surface area contributed by atoms with E-state index in [2.05, 4.69) is 27.3 Å². The number of benzene rings is 2. The molecular formula is C17H16BrN3O. The van der Waals surface area contributed by atoms with Gasteiger partial charge in [-0.15, -0.1) is 0 Å². The molecule has 2 amide bonds. The maximum Gasteiger partial charge on any atom is 0.321 e. The van der Waals surface area contributed by atoms with Crippen LogP contribution >= 0.6 is 15.9 Å². The molecule has 22 heavy (non-hydrogen) atoms. The van der Waals surface area contributed by atoms with Crippen molar-refractivity contribution in [3.8, 4) is 6.07 Å². The van der Waals surface area contributed by atoms with Crippen LogP contribution in [0.15, 0.2) is 53.0 Å². The van der Waals surface area contributed by atoms with E-state index in [-0.39, 0.29) is 6.03 Å². The largest absolute Gasteiger partial charge is 0.327 e. The van der Waals surface area contributed by atoms with Crippen LogP contribution in [-0.2, 0) is 6.42 Å². The Labute approximate surface area is 138 Å². The van der Waals surface area contributed by atoms with Crippen LogP contribution in [0.5, 0.6) is 0 Å². The predicted octanol–water partition coefficient (Wildman–Crippen LogP) is 4.03. The first-order chi connectivity index (χ1) is 10.6. The molecule has 2 aromatic rings. The molecule has 0 spiro atoms. The fraction of sp³-hybridized carbons (Fsp3) is 0.176. The van der Waals surface area contributed by atoms with Crippen LogP contribution in [-0.4, -0.2) is 24.5 Å². The predicted molar refractivity (Wildman–Crippen MR) is 90.7 cm³/mol. The van der Waals surface area contributed by atoms with Gasteiger partial charge in [0, 0.05) is 23.8 Å². The molecule has 0 bridgehead atoms. The summed E-state index contributed by atoms with van der Waals surface area (Å²) in [6.45, 7) is 0.616. The Hall–Kier alpha value is -2.32. The Balaban J connectivity index is 1.89. The third kappa shape index (κ3) is 4.61. The van der Waals surface area contributed by atoms with Crippen molar-refractivity contribution in [3.63, 3.8) is 0 Å². The van der Waals surface area contributed by atoms with E-state index in [1.165, 1.54) is 5.56 Å². The Morgan fingerprint density at radius 2 is 2.00 bits per heavy atom. The highest BCUT2D eigenvalue weighted by atomic mass is 79.9. The van der Waals surface area contributed by atoms with Crippen molar-refractivity contribution in [3.05, 3.63) is 64.1 Å². The molecule has 2 rings (SSSR count). The fourth-order valence-corrected chi connectivity index (χ4v) is 2.20. The highest BCUT2D eigenvalue weighted by molar-refractivity contribution is 9.10. The molecule has 0 aliphatic heterocycles. The summed E-state index contributed by atoms with van der Waals surface area (Å²) in [5.74, 6) is 0. The molecule has 0 aliphatic rings. The zero-order valence-corrected chi connectivity index (χ0v) is 13.8. The van der Waals surface area contributed by atoms with E-state index in [9.17, 15) is 4.79 Å².